The molecule has 1 unspecified atom stereocenters. The number of benzene rings is 2. The summed E-state index contributed by atoms with van der Waals surface area (Å²) in [6.45, 7) is 3.29. The Morgan fingerprint density at radius 2 is 1.87 bits per heavy atom. The maximum absolute atomic E-state index is 12.7. The van der Waals surface area contributed by atoms with Crippen molar-refractivity contribution >= 4 is 62.5 Å². The lowest BCUT2D eigenvalue weighted by Crippen LogP contribution is -2.27. The van der Waals surface area contributed by atoms with Crippen LogP contribution in [0.4, 0.5) is 0 Å². The number of rotatable bonds is 6. The smallest absolute Gasteiger partial charge is 0.174 e. The summed E-state index contributed by atoms with van der Waals surface area (Å²) in [6, 6.07) is 14.5. The molecule has 4 nitrogen and oxygen atoms in total. The number of nitrogens with zero attached hydrogens (tertiary/aromatic N) is 1. The molecular weight excluding hydrogens is 519 g/mol. The van der Waals surface area contributed by atoms with E-state index in [0.717, 1.165) is 10.0 Å². The first kappa shape index (κ1) is 23.6. The molecule has 0 aromatic heterocycles. The monoisotopic (exact) mass is 534 g/mol. The molecule has 1 N–H and O–H groups in total. The zero-order valence-electron chi connectivity index (χ0n) is 16.6. The van der Waals surface area contributed by atoms with Crippen LogP contribution in [-0.2, 0) is 4.79 Å². The van der Waals surface area contributed by atoms with E-state index < -0.39 is 5.92 Å². The Kier molecular flexibility index (Phi) is 7.66. The average Bonchev–Trinajstić information content (AvgIpc) is 2.73. The van der Waals surface area contributed by atoms with Crippen LogP contribution in [0.1, 0.15) is 35.7 Å². The van der Waals surface area contributed by atoms with E-state index in [0.29, 0.717) is 37.5 Å². The lowest BCUT2D eigenvalue weighted by atomic mass is 9.81. The van der Waals surface area contributed by atoms with Gasteiger partial charge in [0, 0.05) is 26.3 Å². The molecule has 0 bridgehead atoms. The number of carbonyl (C=O) groups is 2. The van der Waals surface area contributed by atoms with E-state index in [9.17, 15) is 14.9 Å². The van der Waals surface area contributed by atoms with Crippen LogP contribution in [0.25, 0.3) is 0 Å². The van der Waals surface area contributed by atoms with Crippen molar-refractivity contribution in [3.63, 3.8) is 0 Å². The number of nitrogens with one attached hydrogen (secondary N) is 1. The van der Waals surface area contributed by atoms with Gasteiger partial charge in [0.05, 0.1) is 33.4 Å². The number of dihydropyridines is 1. The van der Waals surface area contributed by atoms with Crippen molar-refractivity contribution < 1.29 is 9.59 Å². The molecular formula is C23H17BrCl2N2O2S. The molecule has 3 rings (SSSR count). The quantitative estimate of drug-likeness (QED) is 0.419. The van der Waals surface area contributed by atoms with Crippen molar-refractivity contribution in [2.75, 3.05) is 5.75 Å². The highest BCUT2D eigenvalue weighted by molar-refractivity contribution is 9.10. The molecule has 0 aliphatic carbocycles. The number of ketones is 2. The molecule has 8 heteroatoms. The Bertz CT molecular complexity index is 1170. The van der Waals surface area contributed by atoms with Gasteiger partial charge in [-0.3, -0.25) is 9.59 Å². The van der Waals surface area contributed by atoms with E-state index in [4.69, 9.17) is 23.2 Å². The molecule has 0 saturated heterocycles. The second kappa shape index (κ2) is 10.1. The van der Waals surface area contributed by atoms with Gasteiger partial charge in [0.15, 0.2) is 11.6 Å². The van der Waals surface area contributed by atoms with E-state index >= 15 is 0 Å². The van der Waals surface area contributed by atoms with Gasteiger partial charge in [0.25, 0.3) is 0 Å². The predicted molar refractivity (Wildman–Crippen MR) is 129 cm³/mol. The van der Waals surface area contributed by atoms with Crippen molar-refractivity contribution in [3.05, 3.63) is 90.0 Å². The van der Waals surface area contributed by atoms with Crippen molar-refractivity contribution in [1.82, 2.24) is 5.32 Å². The summed E-state index contributed by atoms with van der Waals surface area (Å²) in [7, 11) is 0. The summed E-state index contributed by atoms with van der Waals surface area (Å²) in [4.78, 5) is 25.2. The minimum absolute atomic E-state index is 0.0588. The zero-order chi connectivity index (χ0) is 22.7. The van der Waals surface area contributed by atoms with Crippen LogP contribution in [0.5, 0.6) is 0 Å². The van der Waals surface area contributed by atoms with Gasteiger partial charge in [-0.2, -0.15) is 5.26 Å². The molecule has 0 spiro atoms. The first-order chi connectivity index (χ1) is 14.7. The van der Waals surface area contributed by atoms with Gasteiger partial charge in [-0.1, -0.05) is 63.0 Å². The average molecular weight is 536 g/mol. The number of hydrogen-bond donors (Lipinski definition) is 1. The van der Waals surface area contributed by atoms with Crippen LogP contribution in [0.3, 0.4) is 0 Å². The maximum Gasteiger partial charge on any atom is 0.174 e. The highest BCUT2D eigenvalue weighted by Gasteiger charge is 2.33. The van der Waals surface area contributed by atoms with Crippen LogP contribution >= 0.6 is 50.9 Å². The molecule has 158 valence electrons. The molecule has 1 atom stereocenters. The van der Waals surface area contributed by atoms with Gasteiger partial charge < -0.3 is 5.32 Å². The Hall–Kier alpha value is -2.04. The highest BCUT2D eigenvalue weighted by atomic mass is 79.9. The van der Waals surface area contributed by atoms with E-state index in [-0.39, 0.29) is 17.3 Å². The summed E-state index contributed by atoms with van der Waals surface area (Å²) >= 11 is 16.8. The fourth-order valence-electron chi connectivity index (χ4n) is 3.41. The Morgan fingerprint density at radius 1 is 1.19 bits per heavy atom. The van der Waals surface area contributed by atoms with Gasteiger partial charge in [0.1, 0.15) is 0 Å². The molecule has 0 amide bonds. The molecule has 1 heterocycles. The maximum atomic E-state index is 12.7. The third kappa shape index (κ3) is 5.24. The van der Waals surface area contributed by atoms with Crippen LogP contribution in [-0.4, -0.2) is 17.3 Å². The normalized spacial score (nSPS) is 16.1. The number of hydrogen-bond acceptors (Lipinski definition) is 5. The second-order valence-corrected chi connectivity index (χ2v) is 9.64. The van der Waals surface area contributed by atoms with Gasteiger partial charge in [-0.05, 0) is 49.7 Å². The number of nitriles is 1. The third-order valence-electron chi connectivity index (χ3n) is 4.81. The minimum atomic E-state index is -0.510. The first-order valence-electron chi connectivity index (χ1n) is 9.22. The van der Waals surface area contributed by atoms with Gasteiger partial charge in [0.2, 0.25) is 0 Å². The van der Waals surface area contributed by atoms with Crippen molar-refractivity contribution in [2.24, 2.45) is 0 Å². The molecule has 2 aromatic carbocycles. The molecule has 31 heavy (non-hydrogen) atoms. The first-order valence-corrected chi connectivity index (χ1v) is 11.8. The molecule has 1 aliphatic heterocycles. The van der Waals surface area contributed by atoms with Gasteiger partial charge in [-0.15, -0.1) is 0 Å². The number of allylic oxidation sites excluding steroid dienone is 3. The van der Waals surface area contributed by atoms with E-state index in [1.54, 1.807) is 19.1 Å². The Balaban J connectivity index is 1.97. The second-order valence-electron chi connectivity index (χ2n) is 6.90. The fourth-order valence-corrected chi connectivity index (χ4v) is 5.04. The van der Waals surface area contributed by atoms with E-state index in [1.165, 1.54) is 24.8 Å². The van der Waals surface area contributed by atoms with Gasteiger partial charge in [-0.25, -0.2) is 0 Å². The molecule has 2 aromatic rings. The predicted octanol–water partition coefficient (Wildman–Crippen LogP) is 6.66. The summed E-state index contributed by atoms with van der Waals surface area (Å²) in [5.41, 5.74) is 2.75. The highest BCUT2D eigenvalue weighted by Crippen LogP contribution is 2.41. The number of thioether (sulfide) groups is 1. The summed E-state index contributed by atoms with van der Waals surface area (Å²) in [6.07, 6.45) is 0. The molecule has 0 radical (unpaired) electrons. The Morgan fingerprint density at radius 3 is 2.48 bits per heavy atom. The minimum Gasteiger partial charge on any atom is -0.353 e. The van der Waals surface area contributed by atoms with Crippen molar-refractivity contribution in [2.45, 2.75) is 19.8 Å². The van der Waals surface area contributed by atoms with Gasteiger partial charge >= 0.3 is 0 Å². The fraction of sp³-hybridized carbons (Fsp3) is 0.174. The van der Waals surface area contributed by atoms with E-state index in [1.807, 2.05) is 24.3 Å². The lowest BCUT2D eigenvalue weighted by molar-refractivity contribution is -0.113. The standard InChI is InChI=1S/C23H17BrCl2N2O2S/c1-12-21(13(2)29)22(14-3-5-15(24)6-4-14)18(10-27)23(28-12)31-11-20(30)17-9-16(25)7-8-19(17)26/h3-9,22,28H,11H2,1-2H3. The number of carbonyl (C=O) groups excluding carboxylic acids is 2. The summed E-state index contributed by atoms with van der Waals surface area (Å²) in [5.74, 6) is -0.771. The van der Waals surface area contributed by atoms with Crippen LogP contribution in [0.2, 0.25) is 10.0 Å². The molecule has 0 fully saturated rings. The number of halogens is 3. The van der Waals surface area contributed by atoms with Crippen molar-refractivity contribution in [3.8, 4) is 6.07 Å². The molecule has 1 aliphatic rings. The number of Topliss-reactive ketones (excluding diaryl/α,β-unsaturated/α-hetero) is 2. The zero-order valence-corrected chi connectivity index (χ0v) is 20.5. The van der Waals surface area contributed by atoms with Crippen LogP contribution < -0.4 is 5.32 Å². The SMILES string of the molecule is CC(=O)C1=C(C)NC(SCC(=O)c2cc(Cl)ccc2Cl)=C(C#N)C1c1ccc(Br)cc1. The third-order valence-corrected chi connectivity index (χ3v) is 6.92. The lowest BCUT2D eigenvalue weighted by Gasteiger charge is -2.29. The van der Waals surface area contributed by atoms with Crippen LogP contribution in [0, 0.1) is 11.3 Å². The van der Waals surface area contributed by atoms with E-state index in [2.05, 4.69) is 27.3 Å². The largest absolute Gasteiger partial charge is 0.353 e. The van der Waals surface area contributed by atoms with Crippen molar-refractivity contribution in [1.29, 1.82) is 5.26 Å². The summed E-state index contributed by atoms with van der Waals surface area (Å²) in [5, 5.41) is 14.4. The summed E-state index contributed by atoms with van der Waals surface area (Å²) < 4.78 is 0.899. The Labute approximate surface area is 203 Å². The van der Waals surface area contributed by atoms with Crippen LogP contribution in [0.15, 0.2) is 68.8 Å². The molecule has 0 saturated carbocycles. The topological polar surface area (TPSA) is 70.0 Å².